The molecule has 14 rings (SSSR count). The highest BCUT2D eigenvalue weighted by molar-refractivity contribution is 6.23. The van der Waals surface area contributed by atoms with E-state index in [4.69, 9.17) is 4.98 Å². The molecule has 3 heterocycles. The Morgan fingerprint density at radius 2 is 0.985 bits per heavy atom. The molecule has 0 spiro atoms. The lowest BCUT2D eigenvalue weighted by atomic mass is 9.77. The van der Waals surface area contributed by atoms with E-state index in [9.17, 15) is 0 Å². The van der Waals surface area contributed by atoms with Crippen LogP contribution in [0.1, 0.15) is 17.5 Å². The number of nitrogens with zero attached hydrogens (tertiary/aromatic N) is 3. The molecule has 0 aliphatic heterocycles. The Labute approximate surface area is 387 Å². The summed E-state index contributed by atoms with van der Waals surface area (Å²) in [6, 6.07) is 73.7. The molecular formula is C64H41N3. The van der Waals surface area contributed by atoms with E-state index in [1.807, 2.05) is 30.6 Å². The van der Waals surface area contributed by atoms with E-state index in [-0.39, 0.29) is 0 Å². The lowest BCUT2D eigenvalue weighted by molar-refractivity contribution is 0.992. The van der Waals surface area contributed by atoms with Crippen LogP contribution in [0.5, 0.6) is 0 Å². The Morgan fingerprint density at radius 1 is 0.388 bits per heavy atom. The molecule has 0 N–H and O–H groups in total. The molecule has 0 saturated heterocycles. The smallest absolute Gasteiger partial charge is 0.0893 e. The van der Waals surface area contributed by atoms with Crippen molar-refractivity contribution in [3.8, 4) is 50.5 Å². The molecule has 0 radical (unpaired) electrons. The van der Waals surface area contributed by atoms with Gasteiger partial charge in [-0.05, 0) is 172 Å². The Hall–Kier alpha value is -8.66. The number of rotatable bonds is 5. The highest BCUT2D eigenvalue weighted by Gasteiger charge is 2.26. The number of benzene rings is 10. The van der Waals surface area contributed by atoms with Gasteiger partial charge in [-0.2, -0.15) is 0 Å². The van der Waals surface area contributed by atoms with Crippen LogP contribution in [-0.2, 0) is 6.42 Å². The lowest BCUT2D eigenvalue weighted by Gasteiger charge is -2.26. The highest BCUT2D eigenvalue weighted by Crippen LogP contribution is 2.50. The minimum atomic E-state index is 0.857. The molecule has 0 amide bonds. The maximum Gasteiger partial charge on any atom is 0.0893 e. The first-order chi connectivity index (χ1) is 33.2. The number of hydrogen-bond acceptors (Lipinski definition) is 2. The van der Waals surface area contributed by atoms with Crippen molar-refractivity contribution in [2.24, 2.45) is 0 Å². The van der Waals surface area contributed by atoms with Crippen LogP contribution in [0.15, 0.2) is 219 Å². The maximum absolute atomic E-state index is 4.97. The zero-order chi connectivity index (χ0) is 44.0. The first-order valence-electron chi connectivity index (χ1n) is 23.3. The summed E-state index contributed by atoms with van der Waals surface area (Å²) >= 11 is 0. The zero-order valence-corrected chi connectivity index (χ0v) is 36.6. The Kier molecular flexibility index (Phi) is 8.41. The second-order valence-corrected chi connectivity index (χ2v) is 17.9. The summed E-state index contributed by atoms with van der Waals surface area (Å²) in [5.74, 6) is 0. The summed E-state index contributed by atoms with van der Waals surface area (Å²) in [7, 11) is 0. The molecule has 0 saturated carbocycles. The van der Waals surface area contributed by atoms with Gasteiger partial charge in [-0.25, -0.2) is 0 Å². The summed E-state index contributed by atoms with van der Waals surface area (Å²) in [4.78, 5) is 9.65. The molecule has 0 unspecified atom stereocenters. The molecule has 0 bridgehead atoms. The second-order valence-electron chi connectivity index (χ2n) is 17.9. The molecule has 3 heteroatoms. The fraction of sp³-hybridized carbons (Fsp3) is 0.0312. The van der Waals surface area contributed by atoms with Gasteiger partial charge in [0.1, 0.15) is 0 Å². The number of hydrogen-bond donors (Lipinski definition) is 0. The van der Waals surface area contributed by atoms with Gasteiger partial charge >= 0.3 is 0 Å². The average Bonchev–Trinajstić information content (AvgIpc) is 3.73. The van der Waals surface area contributed by atoms with Crippen LogP contribution in [0.4, 0.5) is 0 Å². The monoisotopic (exact) mass is 851 g/mol. The van der Waals surface area contributed by atoms with E-state index in [1.54, 1.807) is 0 Å². The third-order valence-corrected chi connectivity index (χ3v) is 14.3. The van der Waals surface area contributed by atoms with E-state index < -0.39 is 0 Å². The van der Waals surface area contributed by atoms with Crippen LogP contribution < -0.4 is 0 Å². The fourth-order valence-electron chi connectivity index (χ4n) is 11.3. The molecule has 13 aromatic rings. The van der Waals surface area contributed by atoms with Gasteiger partial charge in [0.15, 0.2) is 0 Å². The van der Waals surface area contributed by atoms with Crippen molar-refractivity contribution in [1.29, 1.82) is 0 Å². The summed E-state index contributed by atoms with van der Waals surface area (Å²) in [5.41, 5.74) is 15.3. The third kappa shape index (κ3) is 5.84. The molecule has 10 aromatic carbocycles. The van der Waals surface area contributed by atoms with Crippen LogP contribution >= 0.6 is 0 Å². The van der Waals surface area contributed by atoms with Crippen molar-refractivity contribution in [3.63, 3.8) is 0 Å². The van der Waals surface area contributed by atoms with Crippen molar-refractivity contribution in [2.45, 2.75) is 12.8 Å². The first-order valence-corrected chi connectivity index (χ1v) is 23.3. The van der Waals surface area contributed by atoms with Gasteiger partial charge in [0.2, 0.25) is 0 Å². The number of aromatic nitrogens is 3. The minimum absolute atomic E-state index is 0.857. The molecule has 1 aliphatic rings. The van der Waals surface area contributed by atoms with E-state index in [0.717, 1.165) is 51.9 Å². The highest BCUT2D eigenvalue weighted by atomic mass is 15.0. The number of fused-ring (bicyclic) bond motifs is 11. The molecule has 0 fully saturated rings. The van der Waals surface area contributed by atoms with E-state index in [2.05, 4.69) is 204 Å². The molecule has 3 aromatic heterocycles. The van der Waals surface area contributed by atoms with Crippen molar-refractivity contribution in [2.75, 3.05) is 0 Å². The largest absolute Gasteiger partial charge is 0.308 e. The van der Waals surface area contributed by atoms with E-state index >= 15 is 0 Å². The summed E-state index contributed by atoms with van der Waals surface area (Å²) < 4.78 is 2.34. The fourth-order valence-corrected chi connectivity index (χ4v) is 11.3. The van der Waals surface area contributed by atoms with Crippen LogP contribution in [0, 0.1) is 0 Å². The quantitative estimate of drug-likeness (QED) is 0.162. The standard InChI is InChI=1S/C64H41N3/c1-2-18-44(19-3-1)67-61-32-30-41(34-54(61)55-38-60(66-39-62(55)67)59-28-14-15-33-65-59)40-29-31-53-58(35-40)64(57-37-43-17-5-7-21-46(43)48-23-9-11-25-50(48)57)52-27-13-12-26-51(52)63(53)56-36-42-16-4-6-20-45(42)47-22-8-10-24-49(47)56/h1-11,13-25,27-39H,12,26H2. The summed E-state index contributed by atoms with van der Waals surface area (Å²) in [5, 5.41) is 15.0. The molecule has 1 aliphatic carbocycles. The SMILES string of the molecule is C1=Cc2c(c(-c3cc4ccccc4c4ccccc34)c3ccc(-c4ccc5c(c4)c4cc(-c6ccccn6)ncc4n5-c4ccccc4)cc3c2-c2cc3ccccc3c3ccccc23)CC1. The van der Waals surface area contributed by atoms with Gasteiger partial charge in [-0.1, -0.05) is 152 Å². The molecule has 312 valence electrons. The normalized spacial score (nSPS) is 12.6. The minimum Gasteiger partial charge on any atom is -0.308 e. The number of para-hydroxylation sites is 1. The second kappa shape index (κ2) is 14.9. The van der Waals surface area contributed by atoms with Crippen LogP contribution in [0.25, 0.3) is 132 Å². The summed E-state index contributed by atoms with van der Waals surface area (Å²) in [6.07, 6.45) is 10.6. The van der Waals surface area contributed by atoms with E-state index in [1.165, 1.54) is 98.2 Å². The van der Waals surface area contributed by atoms with Crippen LogP contribution in [0.2, 0.25) is 0 Å². The van der Waals surface area contributed by atoms with Gasteiger partial charge < -0.3 is 4.57 Å². The van der Waals surface area contributed by atoms with Crippen molar-refractivity contribution in [1.82, 2.24) is 14.5 Å². The predicted octanol–water partition coefficient (Wildman–Crippen LogP) is 17.0. The Morgan fingerprint density at radius 3 is 1.69 bits per heavy atom. The Bertz CT molecular complexity index is 4200. The topological polar surface area (TPSA) is 30.7 Å². The van der Waals surface area contributed by atoms with Gasteiger partial charge in [-0.3, -0.25) is 9.97 Å². The van der Waals surface area contributed by atoms with Gasteiger partial charge in [0.25, 0.3) is 0 Å². The third-order valence-electron chi connectivity index (χ3n) is 14.3. The predicted molar refractivity (Wildman–Crippen MR) is 283 cm³/mol. The van der Waals surface area contributed by atoms with Gasteiger partial charge in [0, 0.05) is 22.7 Å². The maximum atomic E-state index is 4.97. The Balaban J connectivity index is 1.09. The van der Waals surface area contributed by atoms with Crippen molar-refractivity contribution < 1.29 is 0 Å². The number of allylic oxidation sites excluding steroid dienone is 1. The molecule has 0 atom stereocenters. The van der Waals surface area contributed by atoms with Crippen molar-refractivity contribution in [3.05, 3.63) is 230 Å². The van der Waals surface area contributed by atoms with Crippen LogP contribution in [-0.4, -0.2) is 14.5 Å². The molecule has 67 heavy (non-hydrogen) atoms. The average molecular weight is 852 g/mol. The molecular weight excluding hydrogens is 811 g/mol. The van der Waals surface area contributed by atoms with E-state index in [0.29, 0.717) is 0 Å². The van der Waals surface area contributed by atoms with Crippen LogP contribution in [0.3, 0.4) is 0 Å². The number of pyridine rings is 2. The summed E-state index contributed by atoms with van der Waals surface area (Å²) in [6.45, 7) is 0. The lowest BCUT2D eigenvalue weighted by Crippen LogP contribution is -2.03. The van der Waals surface area contributed by atoms with Gasteiger partial charge in [-0.15, -0.1) is 0 Å². The van der Waals surface area contributed by atoms with Crippen molar-refractivity contribution >= 4 is 81.7 Å². The molecule has 3 nitrogen and oxygen atoms in total. The van der Waals surface area contributed by atoms with Gasteiger partial charge in [0.05, 0.1) is 28.6 Å². The first kappa shape index (κ1) is 37.7. The zero-order valence-electron chi connectivity index (χ0n) is 36.6.